The summed E-state index contributed by atoms with van der Waals surface area (Å²) in [5, 5.41) is 9.63. The van der Waals surface area contributed by atoms with Crippen molar-refractivity contribution < 1.29 is 0 Å². The monoisotopic (exact) mass is 163 g/mol. The third kappa shape index (κ3) is 1.03. The highest BCUT2D eigenvalue weighted by Gasteiger charge is 2.11. The molecule has 0 bridgehead atoms. The highest BCUT2D eigenvalue weighted by molar-refractivity contribution is 7.11. The minimum Gasteiger partial charge on any atom is -0.305 e. The van der Waals surface area contributed by atoms with Gasteiger partial charge in [-0.1, -0.05) is 0 Å². The Hall–Kier alpha value is -0.890. The zero-order valence-corrected chi connectivity index (χ0v) is 7.16. The zero-order valence-electron chi connectivity index (χ0n) is 6.35. The maximum Gasteiger partial charge on any atom is 0.0358 e. The van der Waals surface area contributed by atoms with Gasteiger partial charge in [0.1, 0.15) is 0 Å². The van der Waals surface area contributed by atoms with Gasteiger partial charge in [-0.05, 0) is 35.6 Å². The Morgan fingerprint density at radius 3 is 3.09 bits per heavy atom. The Labute approximate surface area is 69.9 Å². The molecule has 0 amide bonds. The van der Waals surface area contributed by atoms with Crippen molar-refractivity contribution in [3.63, 3.8) is 0 Å². The molecule has 11 heavy (non-hydrogen) atoms. The first kappa shape index (κ1) is 6.80. The Bertz CT molecular complexity index is 333. The van der Waals surface area contributed by atoms with Gasteiger partial charge in [0.2, 0.25) is 0 Å². The van der Waals surface area contributed by atoms with E-state index in [1.165, 1.54) is 16.0 Å². The number of nitrogens with one attached hydrogen (secondary N) is 1. The lowest BCUT2D eigenvalue weighted by atomic mass is 10.0. The first-order valence-electron chi connectivity index (χ1n) is 3.60. The van der Waals surface area contributed by atoms with Crippen molar-refractivity contribution in [2.24, 2.45) is 0 Å². The minimum atomic E-state index is 0.721. The summed E-state index contributed by atoms with van der Waals surface area (Å²) in [6, 6.07) is 0. The van der Waals surface area contributed by atoms with Crippen LogP contribution in [0.15, 0.2) is 11.5 Å². The maximum absolute atomic E-state index is 7.47. The minimum absolute atomic E-state index is 0.721. The van der Waals surface area contributed by atoms with E-state index >= 15 is 0 Å². The Kier molecular flexibility index (Phi) is 1.43. The number of hydrogen-bond acceptors (Lipinski definition) is 2. The molecule has 0 aromatic carbocycles. The van der Waals surface area contributed by atoms with Gasteiger partial charge < -0.3 is 5.41 Å². The van der Waals surface area contributed by atoms with E-state index in [9.17, 15) is 0 Å². The van der Waals surface area contributed by atoms with Gasteiger partial charge in [0.15, 0.2) is 0 Å². The van der Waals surface area contributed by atoms with Gasteiger partial charge >= 0.3 is 0 Å². The molecule has 1 aromatic heterocycles. The van der Waals surface area contributed by atoms with Crippen LogP contribution in [-0.4, -0.2) is 5.71 Å². The maximum atomic E-state index is 7.47. The molecule has 0 unspecified atom stereocenters. The number of thiophene rings is 1. The van der Waals surface area contributed by atoms with Crippen LogP contribution >= 0.6 is 11.3 Å². The van der Waals surface area contributed by atoms with Crippen molar-refractivity contribution in [3.8, 4) is 0 Å². The molecular weight excluding hydrogens is 154 g/mol. The van der Waals surface area contributed by atoms with Gasteiger partial charge in [0, 0.05) is 17.0 Å². The topological polar surface area (TPSA) is 23.9 Å². The molecule has 2 heteroatoms. The molecule has 0 spiro atoms. The number of allylic oxidation sites excluding steroid dienone is 1. The van der Waals surface area contributed by atoms with E-state index in [0.29, 0.717) is 0 Å². The summed E-state index contributed by atoms with van der Waals surface area (Å²) < 4.78 is 0. The Morgan fingerprint density at radius 1 is 1.45 bits per heavy atom. The molecule has 1 N–H and O–H groups in total. The molecule has 2 rings (SSSR count). The van der Waals surface area contributed by atoms with E-state index < -0.39 is 0 Å². The predicted molar refractivity (Wildman–Crippen MR) is 49.5 cm³/mol. The summed E-state index contributed by atoms with van der Waals surface area (Å²) in [6.45, 7) is 2.11. The van der Waals surface area contributed by atoms with Crippen LogP contribution in [0.3, 0.4) is 0 Å². The normalized spacial score (nSPS) is 15.2. The van der Waals surface area contributed by atoms with Crippen molar-refractivity contribution in [2.75, 3.05) is 0 Å². The number of hydrogen-bond donors (Lipinski definition) is 1. The van der Waals surface area contributed by atoms with Crippen LogP contribution in [0.4, 0.5) is 0 Å². The molecule has 0 atom stereocenters. The molecule has 0 radical (unpaired) electrons. The molecule has 0 fully saturated rings. The van der Waals surface area contributed by atoms with Crippen molar-refractivity contribution in [1.29, 1.82) is 5.41 Å². The van der Waals surface area contributed by atoms with Crippen molar-refractivity contribution in [2.45, 2.75) is 13.3 Å². The highest BCUT2D eigenvalue weighted by Crippen LogP contribution is 2.26. The fourth-order valence-electron chi connectivity index (χ4n) is 1.28. The zero-order chi connectivity index (χ0) is 7.84. The van der Waals surface area contributed by atoms with Crippen molar-refractivity contribution in [1.82, 2.24) is 0 Å². The fourth-order valence-corrected chi connectivity index (χ4v) is 2.25. The van der Waals surface area contributed by atoms with E-state index in [1.807, 2.05) is 12.2 Å². The molecular formula is C9H9NS. The van der Waals surface area contributed by atoms with Gasteiger partial charge in [0.05, 0.1) is 0 Å². The summed E-state index contributed by atoms with van der Waals surface area (Å²) in [5.41, 5.74) is 3.40. The largest absolute Gasteiger partial charge is 0.305 e. The number of fused-ring (bicyclic) bond motifs is 1. The molecule has 1 aliphatic rings. The second-order valence-corrected chi connectivity index (χ2v) is 3.71. The van der Waals surface area contributed by atoms with E-state index in [0.717, 1.165) is 12.1 Å². The van der Waals surface area contributed by atoms with Crippen LogP contribution in [0.1, 0.15) is 16.0 Å². The number of rotatable bonds is 0. The molecule has 1 nitrogen and oxygen atoms in total. The average Bonchev–Trinajstić information content (AvgIpc) is 2.33. The number of aryl methyl sites for hydroxylation is 1. The molecule has 56 valence electrons. The third-order valence-corrected chi connectivity index (χ3v) is 3.05. The molecule has 0 saturated carbocycles. The van der Waals surface area contributed by atoms with Crippen LogP contribution in [0.25, 0.3) is 6.08 Å². The van der Waals surface area contributed by atoms with Crippen LogP contribution in [0, 0.1) is 12.3 Å². The summed E-state index contributed by atoms with van der Waals surface area (Å²) >= 11 is 1.77. The van der Waals surface area contributed by atoms with Gasteiger partial charge in [0.25, 0.3) is 0 Å². The lowest BCUT2D eigenvalue weighted by Gasteiger charge is -2.06. The Balaban J connectivity index is 2.57. The second-order valence-electron chi connectivity index (χ2n) is 2.80. The van der Waals surface area contributed by atoms with E-state index in [1.54, 1.807) is 11.3 Å². The third-order valence-electron chi connectivity index (χ3n) is 1.94. The standard InChI is InChI=1S/C9H9NS/c1-6-5-11-9-3-2-7(10)4-8(6)9/h2-3,5,10H,4H2,1H3. The average molecular weight is 163 g/mol. The molecule has 0 aliphatic heterocycles. The molecule has 1 aliphatic carbocycles. The summed E-state index contributed by atoms with van der Waals surface area (Å²) in [6.07, 6.45) is 4.75. The quantitative estimate of drug-likeness (QED) is 0.608. The first-order chi connectivity index (χ1) is 5.27. The van der Waals surface area contributed by atoms with E-state index in [-0.39, 0.29) is 0 Å². The predicted octanol–water partition coefficient (Wildman–Crippen LogP) is 2.65. The fraction of sp³-hybridized carbons (Fsp3) is 0.222. The van der Waals surface area contributed by atoms with Crippen molar-refractivity contribution >= 4 is 23.1 Å². The highest BCUT2D eigenvalue weighted by atomic mass is 32.1. The van der Waals surface area contributed by atoms with Gasteiger partial charge in [-0.2, -0.15) is 0 Å². The summed E-state index contributed by atoms with van der Waals surface area (Å²) in [7, 11) is 0. The molecule has 1 heterocycles. The summed E-state index contributed by atoms with van der Waals surface area (Å²) in [5.74, 6) is 0. The second kappa shape index (κ2) is 2.31. The lowest BCUT2D eigenvalue weighted by molar-refractivity contribution is 1.25. The SMILES string of the molecule is Cc1csc2c1CC(=N)C=C2. The van der Waals surface area contributed by atoms with Crippen molar-refractivity contribution in [3.05, 3.63) is 27.5 Å². The van der Waals surface area contributed by atoms with Gasteiger partial charge in [-0.25, -0.2) is 0 Å². The van der Waals surface area contributed by atoms with Crippen LogP contribution in [0.5, 0.6) is 0 Å². The Morgan fingerprint density at radius 2 is 2.27 bits per heavy atom. The summed E-state index contributed by atoms with van der Waals surface area (Å²) in [4.78, 5) is 1.33. The van der Waals surface area contributed by atoms with Crippen LogP contribution < -0.4 is 0 Å². The van der Waals surface area contributed by atoms with E-state index in [4.69, 9.17) is 5.41 Å². The van der Waals surface area contributed by atoms with Crippen LogP contribution in [0.2, 0.25) is 0 Å². The first-order valence-corrected chi connectivity index (χ1v) is 4.48. The van der Waals surface area contributed by atoms with Crippen LogP contribution in [-0.2, 0) is 6.42 Å². The lowest BCUT2D eigenvalue weighted by Crippen LogP contribution is -2.02. The van der Waals surface area contributed by atoms with Gasteiger partial charge in [-0.15, -0.1) is 11.3 Å². The molecule has 1 aromatic rings. The van der Waals surface area contributed by atoms with E-state index in [2.05, 4.69) is 12.3 Å². The molecule has 0 saturated heterocycles. The smallest absolute Gasteiger partial charge is 0.0358 e. The van der Waals surface area contributed by atoms with Gasteiger partial charge in [-0.3, -0.25) is 0 Å².